The molecule has 2 aliphatic heterocycles. The molecule has 1 fully saturated rings. The van der Waals surface area contributed by atoms with Crippen LogP contribution in [0.15, 0.2) is 48.5 Å². The van der Waals surface area contributed by atoms with Crippen molar-refractivity contribution in [2.24, 2.45) is 0 Å². The average Bonchev–Trinajstić information content (AvgIpc) is 2.76. The normalized spacial score (nSPS) is 18.5. The summed E-state index contributed by atoms with van der Waals surface area (Å²) in [6, 6.07) is 16.2. The second-order valence-electron chi connectivity index (χ2n) is 7.79. The van der Waals surface area contributed by atoms with Crippen LogP contribution in [0.2, 0.25) is 0 Å². The van der Waals surface area contributed by atoms with Gasteiger partial charge in [-0.25, -0.2) is 0 Å². The molecule has 1 unspecified atom stereocenters. The van der Waals surface area contributed by atoms with Crippen LogP contribution in [0, 0.1) is 0 Å². The molecule has 0 radical (unpaired) electrons. The molecule has 0 aliphatic carbocycles. The first-order valence-electron chi connectivity index (χ1n) is 10.3. The van der Waals surface area contributed by atoms with Crippen LogP contribution in [0.1, 0.15) is 12.0 Å². The van der Waals surface area contributed by atoms with Gasteiger partial charge in [-0.05, 0) is 30.7 Å². The number of fused-ring (bicyclic) bond motifs is 1. The molecule has 2 aromatic rings. The van der Waals surface area contributed by atoms with Crippen LogP contribution < -0.4 is 14.5 Å². The predicted octanol–water partition coefficient (Wildman–Crippen LogP) is 2.16. The summed E-state index contributed by atoms with van der Waals surface area (Å²) in [6.07, 6.45) is 0.640. The molecular weight excluding hydrogens is 366 g/mol. The van der Waals surface area contributed by atoms with E-state index in [9.17, 15) is 9.90 Å². The summed E-state index contributed by atoms with van der Waals surface area (Å²) < 4.78 is 5.96. The van der Waals surface area contributed by atoms with Crippen molar-refractivity contribution >= 4 is 17.3 Å². The van der Waals surface area contributed by atoms with E-state index in [-0.39, 0.29) is 12.5 Å². The van der Waals surface area contributed by atoms with Gasteiger partial charge in [0.1, 0.15) is 18.5 Å². The third kappa shape index (κ3) is 4.54. The summed E-state index contributed by atoms with van der Waals surface area (Å²) in [5.41, 5.74) is 3.22. The van der Waals surface area contributed by atoms with Gasteiger partial charge < -0.3 is 19.6 Å². The van der Waals surface area contributed by atoms with Gasteiger partial charge in [-0.1, -0.05) is 24.3 Å². The molecule has 154 valence electrons. The number of carbonyl (C=O) groups is 1. The van der Waals surface area contributed by atoms with E-state index < -0.39 is 6.10 Å². The molecule has 1 atom stereocenters. The fraction of sp³-hybridized carbons (Fsp3) is 0.435. The van der Waals surface area contributed by atoms with E-state index in [4.69, 9.17) is 4.74 Å². The number of carbonyl (C=O) groups excluding carboxylic acids is 1. The lowest BCUT2D eigenvalue weighted by Gasteiger charge is -2.36. The van der Waals surface area contributed by atoms with Crippen molar-refractivity contribution in [1.82, 2.24) is 4.90 Å². The van der Waals surface area contributed by atoms with Crippen molar-refractivity contribution in [2.75, 3.05) is 56.2 Å². The van der Waals surface area contributed by atoms with E-state index in [1.807, 2.05) is 24.3 Å². The number of anilines is 2. The standard InChI is InChI=1S/C23H29N3O3/c1-24-21-8-5-9-22(20(21)10-11-23(24)28)29-17-19(27)16-25-12-14-26(15-13-25)18-6-3-2-4-7-18/h2-9,19,27H,10-17H2,1H3. The number of amides is 1. The Bertz CT molecular complexity index is 835. The number of ether oxygens (including phenoxy) is 1. The zero-order valence-corrected chi connectivity index (χ0v) is 17.0. The fourth-order valence-corrected chi connectivity index (χ4v) is 4.15. The highest BCUT2D eigenvalue weighted by molar-refractivity contribution is 5.96. The van der Waals surface area contributed by atoms with Crippen LogP contribution in [-0.2, 0) is 11.2 Å². The van der Waals surface area contributed by atoms with E-state index in [0.717, 1.165) is 43.2 Å². The number of rotatable bonds is 6. The molecule has 1 saturated heterocycles. The Morgan fingerprint density at radius 3 is 2.52 bits per heavy atom. The Balaban J connectivity index is 1.27. The Labute approximate surface area is 172 Å². The summed E-state index contributed by atoms with van der Waals surface area (Å²) in [4.78, 5) is 18.3. The van der Waals surface area contributed by atoms with Crippen LogP contribution in [0.4, 0.5) is 11.4 Å². The summed E-state index contributed by atoms with van der Waals surface area (Å²) in [5, 5.41) is 10.5. The number of nitrogens with zero attached hydrogens (tertiary/aromatic N) is 3. The van der Waals surface area contributed by atoms with Crippen LogP contribution in [0.3, 0.4) is 0 Å². The lowest BCUT2D eigenvalue weighted by atomic mass is 10.0. The van der Waals surface area contributed by atoms with Gasteiger partial charge >= 0.3 is 0 Å². The lowest BCUT2D eigenvalue weighted by Crippen LogP contribution is -2.49. The average molecular weight is 396 g/mol. The number of para-hydroxylation sites is 1. The smallest absolute Gasteiger partial charge is 0.227 e. The number of hydrogen-bond acceptors (Lipinski definition) is 5. The maximum Gasteiger partial charge on any atom is 0.227 e. The molecule has 6 nitrogen and oxygen atoms in total. The first-order valence-corrected chi connectivity index (χ1v) is 10.3. The third-order valence-electron chi connectivity index (χ3n) is 5.83. The molecule has 1 N–H and O–H groups in total. The van der Waals surface area contributed by atoms with E-state index in [1.54, 1.807) is 11.9 Å². The van der Waals surface area contributed by atoms with Gasteiger partial charge in [-0.2, -0.15) is 0 Å². The second kappa shape index (κ2) is 8.84. The van der Waals surface area contributed by atoms with Gasteiger partial charge in [0.15, 0.2) is 0 Å². The summed E-state index contributed by atoms with van der Waals surface area (Å²) in [7, 11) is 1.80. The molecule has 4 rings (SSSR count). The highest BCUT2D eigenvalue weighted by Crippen LogP contribution is 2.34. The van der Waals surface area contributed by atoms with Crippen LogP contribution >= 0.6 is 0 Å². The first kappa shape index (κ1) is 19.7. The summed E-state index contributed by atoms with van der Waals surface area (Å²) in [5.74, 6) is 0.902. The molecule has 0 saturated carbocycles. The fourth-order valence-electron chi connectivity index (χ4n) is 4.15. The highest BCUT2D eigenvalue weighted by atomic mass is 16.5. The van der Waals surface area contributed by atoms with Crippen molar-refractivity contribution in [3.63, 3.8) is 0 Å². The zero-order valence-electron chi connectivity index (χ0n) is 17.0. The van der Waals surface area contributed by atoms with Gasteiger partial charge in [0.25, 0.3) is 0 Å². The number of hydrogen-bond donors (Lipinski definition) is 1. The largest absolute Gasteiger partial charge is 0.490 e. The third-order valence-corrected chi connectivity index (χ3v) is 5.83. The van der Waals surface area contributed by atoms with Crippen LogP contribution in [0.25, 0.3) is 0 Å². The maximum absolute atomic E-state index is 11.9. The van der Waals surface area contributed by atoms with Crippen molar-refractivity contribution in [1.29, 1.82) is 0 Å². The van der Waals surface area contributed by atoms with E-state index in [1.165, 1.54) is 5.69 Å². The number of β-amino-alcohol motifs (C(OH)–C–C–N with tert-alkyl or cyclic N) is 1. The molecule has 2 aromatic carbocycles. The molecule has 0 aromatic heterocycles. The topological polar surface area (TPSA) is 56.3 Å². The molecule has 0 bridgehead atoms. The van der Waals surface area contributed by atoms with Gasteiger partial charge in [0.05, 0.1) is 5.69 Å². The van der Waals surface area contributed by atoms with E-state index in [0.29, 0.717) is 19.4 Å². The minimum atomic E-state index is -0.544. The molecule has 6 heteroatoms. The molecule has 0 spiro atoms. The van der Waals surface area contributed by atoms with Gasteiger partial charge in [-0.3, -0.25) is 9.69 Å². The molecule has 2 heterocycles. The Kier molecular flexibility index (Phi) is 6.02. The lowest BCUT2D eigenvalue weighted by molar-refractivity contribution is -0.118. The van der Waals surface area contributed by atoms with Gasteiger partial charge in [-0.15, -0.1) is 0 Å². The van der Waals surface area contributed by atoms with E-state index >= 15 is 0 Å². The van der Waals surface area contributed by atoms with Crippen molar-refractivity contribution < 1.29 is 14.6 Å². The van der Waals surface area contributed by atoms with Crippen molar-refractivity contribution in [3.05, 3.63) is 54.1 Å². The summed E-state index contributed by atoms with van der Waals surface area (Å²) >= 11 is 0. The Hall–Kier alpha value is -2.57. The number of aliphatic hydroxyl groups is 1. The van der Waals surface area contributed by atoms with Crippen molar-refractivity contribution in [3.8, 4) is 5.75 Å². The quantitative estimate of drug-likeness (QED) is 0.812. The monoisotopic (exact) mass is 395 g/mol. The van der Waals surface area contributed by atoms with E-state index in [2.05, 4.69) is 34.1 Å². The molecule has 29 heavy (non-hydrogen) atoms. The molecular formula is C23H29N3O3. The van der Waals surface area contributed by atoms with Gasteiger partial charge in [0, 0.05) is 57.4 Å². The molecule has 2 aliphatic rings. The minimum Gasteiger partial charge on any atom is -0.490 e. The van der Waals surface area contributed by atoms with Gasteiger partial charge in [0.2, 0.25) is 5.91 Å². The summed E-state index contributed by atoms with van der Waals surface area (Å²) in [6.45, 7) is 4.65. The minimum absolute atomic E-state index is 0.129. The first-order chi connectivity index (χ1) is 14.1. The number of benzene rings is 2. The predicted molar refractivity (Wildman–Crippen MR) is 115 cm³/mol. The van der Waals surface area contributed by atoms with Crippen molar-refractivity contribution in [2.45, 2.75) is 18.9 Å². The van der Waals surface area contributed by atoms with Crippen LogP contribution in [-0.4, -0.2) is 68.4 Å². The zero-order chi connectivity index (χ0) is 20.2. The Morgan fingerprint density at radius 1 is 1.00 bits per heavy atom. The Morgan fingerprint density at radius 2 is 1.76 bits per heavy atom. The number of aliphatic hydroxyl groups excluding tert-OH is 1. The SMILES string of the molecule is CN1C(=O)CCc2c(OCC(O)CN3CCN(c4ccccc4)CC3)cccc21. The number of piperazine rings is 1. The van der Waals surface area contributed by atoms with Crippen LogP contribution in [0.5, 0.6) is 5.75 Å². The highest BCUT2D eigenvalue weighted by Gasteiger charge is 2.24. The maximum atomic E-state index is 11.9. The second-order valence-corrected chi connectivity index (χ2v) is 7.79. The molecule has 1 amide bonds.